The molecule has 0 saturated heterocycles. The molecule has 0 atom stereocenters. The summed E-state index contributed by atoms with van der Waals surface area (Å²) in [5.41, 5.74) is 0.988. The Morgan fingerprint density at radius 3 is 2.71 bits per heavy atom. The third kappa shape index (κ3) is 4.69. The minimum absolute atomic E-state index is 0.205. The van der Waals surface area contributed by atoms with Crippen molar-refractivity contribution in [2.24, 2.45) is 5.92 Å². The number of methoxy groups -OCH3 is 1. The van der Waals surface area contributed by atoms with E-state index in [9.17, 15) is 8.42 Å². The molecule has 1 aromatic carbocycles. The summed E-state index contributed by atoms with van der Waals surface area (Å²) in [6, 6.07) is 5.17. The fraction of sp³-hybridized carbons (Fsp3) is 0.600. The maximum atomic E-state index is 12.3. The molecule has 5 nitrogen and oxygen atoms in total. The molecule has 0 spiro atoms. The van der Waals surface area contributed by atoms with E-state index < -0.39 is 10.0 Å². The Balaban J connectivity index is 2.02. The smallest absolute Gasteiger partial charge is 0.244 e. The van der Waals surface area contributed by atoms with Crippen LogP contribution in [0.25, 0.3) is 0 Å². The third-order valence-corrected chi connectivity index (χ3v) is 5.18. The molecule has 6 heteroatoms. The number of ether oxygens (including phenoxy) is 1. The van der Waals surface area contributed by atoms with Gasteiger partial charge < -0.3 is 10.1 Å². The van der Waals surface area contributed by atoms with Crippen LogP contribution in [0.4, 0.5) is 0 Å². The van der Waals surface area contributed by atoms with Gasteiger partial charge in [0.2, 0.25) is 10.0 Å². The highest BCUT2D eigenvalue weighted by Crippen LogP contribution is 2.33. The number of nitrogens with one attached hydrogen (secondary N) is 2. The highest BCUT2D eigenvalue weighted by atomic mass is 32.2. The van der Waals surface area contributed by atoms with Crippen molar-refractivity contribution in [2.75, 3.05) is 20.7 Å². The number of hydrogen-bond donors (Lipinski definition) is 2. The zero-order valence-corrected chi connectivity index (χ0v) is 13.5. The lowest BCUT2D eigenvalue weighted by atomic mass is 10.2. The molecule has 1 aliphatic carbocycles. The monoisotopic (exact) mass is 312 g/mol. The normalized spacial score (nSPS) is 15.1. The minimum atomic E-state index is -3.51. The molecule has 0 heterocycles. The molecule has 2 rings (SSSR count). The van der Waals surface area contributed by atoms with Crippen LogP contribution in [0.2, 0.25) is 0 Å². The topological polar surface area (TPSA) is 67.4 Å². The van der Waals surface area contributed by atoms with Gasteiger partial charge in [-0.3, -0.25) is 0 Å². The van der Waals surface area contributed by atoms with Crippen LogP contribution in [0.1, 0.15) is 31.2 Å². The summed E-state index contributed by atoms with van der Waals surface area (Å²) >= 11 is 0. The van der Waals surface area contributed by atoms with Crippen molar-refractivity contribution in [1.29, 1.82) is 0 Å². The number of rotatable bonds is 9. The highest BCUT2D eigenvalue weighted by molar-refractivity contribution is 7.89. The fourth-order valence-corrected chi connectivity index (χ4v) is 3.55. The Labute approximate surface area is 127 Å². The van der Waals surface area contributed by atoms with E-state index >= 15 is 0 Å². The standard InChI is InChI=1S/C15H24N2O3S/c1-16-11-13-7-8-15(14(10-13)20-2)21(18,19)17-9-3-4-12-5-6-12/h7-8,10,12,16-17H,3-6,9,11H2,1-2H3. The highest BCUT2D eigenvalue weighted by Gasteiger charge is 2.22. The van der Waals surface area contributed by atoms with Crippen LogP contribution < -0.4 is 14.8 Å². The summed E-state index contributed by atoms with van der Waals surface area (Å²) in [5.74, 6) is 1.21. The van der Waals surface area contributed by atoms with Crippen molar-refractivity contribution >= 4 is 10.0 Å². The van der Waals surface area contributed by atoms with Crippen molar-refractivity contribution < 1.29 is 13.2 Å². The maximum Gasteiger partial charge on any atom is 0.244 e. The number of hydrogen-bond acceptors (Lipinski definition) is 4. The molecule has 21 heavy (non-hydrogen) atoms. The summed E-state index contributed by atoms with van der Waals surface area (Å²) < 4.78 is 32.6. The molecule has 1 aliphatic rings. The lowest BCUT2D eigenvalue weighted by molar-refractivity contribution is 0.401. The molecule has 0 aromatic heterocycles. The Kier molecular flexibility index (Phi) is 5.61. The van der Waals surface area contributed by atoms with Gasteiger partial charge in [0.15, 0.2) is 0 Å². The predicted octanol–water partition coefficient (Wildman–Crippen LogP) is 1.88. The van der Waals surface area contributed by atoms with Gasteiger partial charge in [-0.25, -0.2) is 13.1 Å². The first-order valence-corrected chi connectivity index (χ1v) is 8.86. The van der Waals surface area contributed by atoms with Gasteiger partial charge in [-0.1, -0.05) is 18.9 Å². The quantitative estimate of drug-likeness (QED) is 0.683. The maximum absolute atomic E-state index is 12.3. The fourth-order valence-electron chi connectivity index (χ4n) is 2.33. The molecule has 0 bridgehead atoms. The van der Waals surface area contributed by atoms with Crippen molar-refractivity contribution in [3.05, 3.63) is 23.8 Å². The molecule has 0 aliphatic heterocycles. The van der Waals surface area contributed by atoms with Gasteiger partial charge in [0.1, 0.15) is 10.6 Å². The van der Waals surface area contributed by atoms with Gasteiger partial charge in [0.25, 0.3) is 0 Å². The summed E-state index contributed by atoms with van der Waals surface area (Å²) in [4.78, 5) is 0.205. The number of benzene rings is 1. The van der Waals surface area contributed by atoms with E-state index in [1.54, 1.807) is 18.2 Å². The molecule has 118 valence electrons. The van der Waals surface area contributed by atoms with Gasteiger partial charge in [-0.2, -0.15) is 0 Å². The van der Waals surface area contributed by atoms with Crippen molar-refractivity contribution in [2.45, 2.75) is 37.1 Å². The van der Waals surface area contributed by atoms with Crippen molar-refractivity contribution in [1.82, 2.24) is 10.0 Å². The van der Waals surface area contributed by atoms with Gasteiger partial charge in [0, 0.05) is 13.1 Å². The first-order chi connectivity index (χ1) is 10.1. The Morgan fingerprint density at radius 1 is 1.33 bits per heavy atom. The van der Waals surface area contributed by atoms with Crippen molar-refractivity contribution in [3.63, 3.8) is 0 Å². The second-order valence-corrected chi connectivity index (χ2v) is 7.23. The summed E-state index contributed by atoms with van der Waals surface area (Å²) in [5, 5.41) is 3.03. The molecule has 1 fully saturated rings. The Bertz CT molecular complexity index is 568. The van der Waals surface area contributed by atoms with E-state index in [0.29, 0.717) is 18.8 Å². The van der Waals surface area contributed by atoms with Crippen LogP contribution in [0.3, 0.4) is 0 Å². The largest absolute Gasteiger partial charge is 0.495 e. The van der Waals surface area contributed by atoms with Crippen LogP contribution in [-0.4, -0.2) is 29.1 Å². The Morgan fingerprint density at radius 2 is 2.10 bits per heavy atom. The molecular formula is C15H24N2O3S. The van der Waals surface area contributed by atoms with Crippen LogP contribution >= 0.6 is 0 Å². The zero-order chi connectivity index (χ0) is 15.3. The van der Waals surface area contributed by atoms with Gasteiger partial charge in [-0.05, 0) is 43.5 Å². The van der Waals surface area contributed by atoms with Crippen LogP contribution in [-0.2, 0) is 16.6 Å². The minimum Gasteiger partial charge on any atom is -0.495 e. The molecule has 2 N–H and O–H groups in total. The molecule has 1 saturated carbocycles. The number of sulfonamides is 1. The van der Waals surface area contributed by atoms with Crippen LogP contribution in [0, 0.1) is 5.92 Å². The molecular weight excluding hydrogens is 288 g/mol. The summed E-state index contributed by atoms with van der Waals surface area (Å²) in [6.45, 7) is 1.16. The van der Waals surface area contributed by atoms with E-state index in [0.717, 1.165) is 24.3 Å². The second-order valence-electron chi connectivity index (χ2n) is 5.50. The molecule has 0 radical (unpaired) electrons. The average molecular weight is 312 g/mol. The van der Waals surface area contributed by atoms with E-state index in [4.69, 9.17) is 4.74 Å². The van der Waals surface area contributed by atoms with E-state index in [1.165, 1.54) is 20.0 Å². The summed E-state index contributed by atoms with van der Waals surface area (Å²) in [6.07, 6.45) is 4.60. The average Bonchev–Trinajstić information content (AvgIpc) is 3.28. The van der Waals surface area contributed by atoms with Crippen LogP contribution in [0.5, 0.6) is 5.75 Å². The first kappa shape index (κ1) is 16.3. The van der Waals surface area contributed by atoms with Gasteiger partial charge >= 0.3 is 0 Å². The summed E-state index contributed by atoms with van der Waals surface area (Å²) in [7, 11) is -0.171. The predicted molar refractivity (Wildman–Crippen MR) is 82.9 cm³/mol. The van der Waals surface area contributed by atoms with Gasteiger partial charge in [0.05, 0.1) is 7.11 Å². The van der Waals surface area contributed by atoms with E-state index in [1.807, 2.05) is 7.05 Å². The van der Waals surface area contributed by atoms with E-state index in [-0.39, 0.29) is 4.90 Å². The molecule has 1 aromatic rings. The SMILES string of the molecule is CNCc1ccc(S(=O)(=O)NCCCC2CC2)c(OC)c1. The third-order valence-electron chi connectivity index (χ3n) is 3.68. The second kappa shape index (κ2) is 7.24. The van der Waals surface area contributed by atoms with Crippen LogP contribution in [0.15, 0.2) is 23.1 Å². The molecule has 0 unspecified atom stereocenters. The lowest BCUT2D eigenvalue weighted by Crippen LogP contribution is -2.25. The van der Waals surface area contributed by atoms with Gasteiger partial charge in [-0.15, -0.1) is 0 Å². The Hall–Kier alpha value is -1.11. The van der Waals surface area contributed by atoms with E-state index in [2.05, 4.69) is 10.0 Å². The first-order valence-electron chi connectivity index (χ1n) is 7.38. The lowest BCUT2D eigenvalue weighted by Gasteiger charge is -2.12. The molecule has 0 amide bonds. The van der Waals surface area contributed by atoms with Crippen molar-refractivity contribution in [3.8, 4) is 5.75 Å². The zero-order valence-electron chi connectivity index (χ0n) is 12.7.